The van der Waals surface area contributed by atoms with Crippen LogP contribution in [-0.2, 0) is 11.1 Å². The Labute approximate surface area is 187 Å². The van der Waals surface area contributed by atoms with Crippen LogP contribution in [0.15, 0.2) is 119 Å². The summed E-state index contributed by atoms with van der Waals surface area (Å²) < 4.78 is 0. The fourth-order valence-corrected chi connectivity index (χ4v) is 7.69. The summed E-state index contributed by atoms with van der Waals surface area (Å²) in [5.41, 5.74) is 7.78. The minimum atomic E-state index is -0.337. The second-order valence-electron chi connectivity index (χ2n) is 9.75. The molecule has 6 atom stereocenters. The van der Waals surface area contributed by atoms with Gasteiger partial charge in [-0.05, 0) is 33.4 Å². The van der Waals surface area contributed by atoms with Crippen molar-refractivity contribution in [3.8, 4) is 0 Å². The van der Waals surface area contributed by atoms with Crippen LogP contribution in [0.3, 0.4) is 0 Å². The monoisotopic (exact) mass is 410 g/mol. The van der Waals surface area contributed by atoms with E-state index in [1.165, 1.54) is 33.4 Å². The Morgan fingerprint density at radius 3 is 0.969 bits per heavy atom. The SMILES string of the molecule is c1ccc(C23N=NC(c4ccccc4)([C@H]4c5ccccc5[C@H]42)[C@H]2c4ccccc4[C@@H]23)cc1. The van der Waals surface area contributed by atoms with Crippen molar-refractivity contribution < 1.29 is 0 Å². The molecule has 3 aliphatic carbocycles. The van der Waals surface area contributed by atoms with Crippen LogP contribution in [0, 0.1) is 0 Å². The van der Waals surface area contributed by atoms with E-state index in [1.807, 2.05) is 0 Å². The second kappa shape index (κ2) is 5.63. The minimum Gasteiger partial charge on any atom is -0.180 e. The lowest BCUT2D eigenvalue weighted by Gasteiger charge is -2.71. The number of benzene rings is 4. The molecule has 0 aromatic heterocycles. The zero-order valence-electron chi connectivity index (χ0n) is 17.6. The van der Waals surface area contributed by atoms with Crippen LogP contribution in [0.5, 0.6) is 0 Å². The normalized spacial score (nSPS) is 34.4. The lowest BCUT2D eigenvalue weighted by molar-refractivity contribution is -0.00688. The van der Waals surface area contributed by atoms with E-state index in [1.54, 1.807) is 0 Å². The van der Waals surface area contributed by atoms with Crippen LogP contribution in [0.25, 0.3) is 0 Å². The molecule has 2 heterocycles. The molecule has 4 aromatic rings. The van der Waals surface area contributed by atoms with Gasteiger partial charge >= 0.3 is 0 Å². The Kier molecular flexibility index (Phi) is 3.01. The van der Waals surface area contributed by atoms with Crippen LogP contribution in [-0.4, -0.2) is 0 Å². The summed E-state index contributed by atoms with van der Waals surface area (Å²) in [6, 6.07) is 40.0. The van der Waals surface area contributed by atoms with Gasteiger partial charge in [0.1, 0.15) is 11.1 Å². The first-order valence-electron chi connectivity index (χ1n) is 11.6. The van der Waals surface area contributed by atoms with Crippen molar-refractivity contribution in [1.29, 1.82) is 0 Å². The van der Waals surface area contributed by atoms with E-state index in [2.05, 4.69) is 109 Å². The highest BCUT2D eigenvalue weighted by Gasteiger charge is 2.77. The first kappa shape index (κ1) is 17.1. The van der Waals surface area contributed by atoms with Gasteiger partial charge in [0.05, 0.1) is 0 Å². The summed E-state index contributed by atoms with van der Waals surface area (Å²) in [4.78, 5) is 0. The highest BCUT2D eigenvalue weighted by atomic mass is 15.3. The smallest absolute Gasteiger partial charge is 0.121 e. The maximum atomic E-state index is 5.34. The number of nitrogens with zero attached hydrogens (tertiary/aromatic N) is 2. The molecule has 2 heteroatoms. The highest BCUT2D eigenvalue weighted by Crippen LogP contribution is 2.82. The van der Waals surface area contributed by atoms with Crippen molar-refractivity contribution in [2.45, 2.75) is 34.7 Å². The Morgan fingerprint density at radius 1 is 0.375 bits per heavy atom. The molecule has 1 fully saturated rings. The molecule has 152 valence electrons. The molecule has 0 N–H and O–H groups in total. The van der Waals surface area contributed by atoms with Gasteiger partial charge in [0.25, 0.3) is 0 Å². The fourth-order valence-electron chi connectivity index (χ4n) is 7.69. The summed E-state index contributed by atoms with van der Waals surface area (Å²) >= 11 is 0. The van der Waals surface area contributed by atoms with Gasteiger partial charge in [-0.1, -0.05) is 109 Å². The van der Waals surface area contributed by atoms with E-state index in [0.717, 1.165) is 0 Å². The average molecular weight is 411 g/mol. The van der Waals surface area contributed by atoms with Crippen molar-refractivity contribution in [2.24, 2.45) is 10.2 Å². The molecule has 2 bridgehead atoms. The van der Waals surface area contributed by atoms with Gasteiger partial charge in [-0.3, -0.25) is 0 Å². The fraction of sp³-hybridized carbons (Fsp3) is 0.200. The average Bonchev–Trinajstić information content (AvgIpc) is 2.85. The maximum Gasteiger partial charge on any atom is 0.121 e. The summed E-state index contributed by atoms with van der Waals surface area (Å²) in [5, 5.41) is 10.7. The first-order valence-corrected chi connectivity index (χ1v) is 11.6. The van der Waals surface area contributed by atoms with Crippen LogP contribution in [0.2, 0.25) is 0 Å². The number of hydrogen-bond donors (Lipinski definition) is 0. The Hall–Kier alpha value is -3.52. The molecule has 1 saturated carbocycles. The lowest BCUT2D eigenvalue weighted by Crippen LogP contribution is -2.66. The van der Waals surface area contributed by atoms with Crippen LogP contribution in [0.1, 0.15) is 57.1 Å². The van der Waals surface area contributed by atoms with Gasteiger partial charge in [0.2, 0.25) is 0 Å². The van der Waals surface area contributed by atoms with Gasteiger partial charge in [-0.25, -0.2) is 0 Å². The third kappa shape index (κ3) is 1.67. The molecule has 32 heavy (non-hydrogen) atoms. The molecule has 0 spiro atoms. The molecule has 5 aliphatic rings. The number of azo groups is 1. The summed E-state index contributed by atoms with van der Waals surface area (Å²) in [6.07, 6.45) is 0. The van der Waals surface area contributed by atoms with Gasteiger partial charge in [-0.15, -0.1) is 0 Å². The van der Waals surface area contributed by atoms with E-state index < -0.39 is 0 Å². The molecule has 0 radical (unpaired) electrons. The Balaban J connectivity index is 1.51. The quantitative estimate of drug-likeness (QED) is 0.339. The van der Waals surface area contributed by atoms with Crippen molar-refractivity contribution in [1.82, 2.24) is 0 Å². The van der Waals surface area contributed by atoms with Crippen molar-refractivity contribution in [3.05, 3.63) is 143 Å². The van der Waals surface area contributed by atoms with E-state index in [4.69, 9.17) is 10.2 Å². The second-order valence-corrected chi connectivity index (χ2v) is 9.75. The van der Waals surface area contributed by atoms with Crippen molar-refractivity contribution >= 4 is 0 Å². The molecular formula is C30H22N2. The van der Waals surface area contributed by atoms with E-state index in [0.29, 0.717) is 23.7 Å². The van der Waals surface area contributed by atoms with Crippen LogP contribution >= 0.6 is 0 Å². The molecule has 2 aliphatic heterocycles. The number of fused-ring (bicyclic) bond motifs is 2. The summed E-state index contributed by atoms with van der Waals surface area (Å²) in [6.45, 7) is 0. The highest BCUT2D eigenvalue weighted by molar-refractivity contribution is 5.66. The van der Waals surface area contributed by atoms with E-state index in [9.17, 15) is 0 Å². The third-order valence-corrected chi connectivity index (χ3v) is 8.75. The topological polar surface area (TPSA) is 24.7 Å². The van der Waals surface area contributed by atoms with Crippen molar-refractivity contribution in [3.63, 3.8) is 0 Å². The van der Waals surface area contributed by atoms with E-state index >= 15 is 0 Å². The molecule has 0 saturated heterocycles. The summed E-state index contributed by atoms with van der Waals surface area (Å²) in [7, 11) is 0. The first-order chi connectivity index (χ1) is 15.9. The molecule has 9 rings (SSSR count). The van der Waals surface area contributed by atoms with Gasteiger partial charge in [-0.2, -0.15) is 10.2 Å². The number of hydrogen-bond acceptors (Lipinski definition) is 2. The zero-order chi connectivity index (χ0) is 20.9. The van der Waals surface area contributed by atoms with Crippen molar-refractivity contribution in [2.75, 3.05) is 0 Å². The minimum absolute atomic E-state index is 0.337. The molecule has 4 aromatic carbocycles. The lowest BCUT2D eigenvalue weighted by atomic mass is 9.34. The molecule has 2 unspecified atom stereocenters. The van der Waals surface area contributed by atoms with Gasteiger partial charge < -0.3 is 0 Å². The molecule has 2 nitrogen and oxygen atoms in total. The zero-order valence-corrected chi connectivity index (χ0v) is 17.6. The third-order valence-electron chi connectivity index (χ3n) is 8.75. The van der Waals surface area contributed by atoms with Crippen LogP contribution < -0.4 is 0 Å². The van der Waals surface area contributed by atoms with Crippen LogP contribution in [0.4, 0.5) is 0 Å². The van der Waals surface area contributed by atoms with Gasteiger partial charge in [0, 0.05) is 23.7 Å². The predicted molar refractivity (Wildman–Crippen MR) is 125 cm³/mol. The predicted octanol–water partition coefficient (Wildman–Crippen LogP) is 7.02. The maximum absolute atomic E-state index is 5.34. The Bertz CT molecular complexity index is 1240. The molecule has 0 amide bonds. The molecular weight excluding hydrogens is 388 g/mol. The van der Waals surface area contributed by atoms with E-state index in [-0.39, 0.29) is 11.1 Å². The largest absolute Gasteiger partial charge is 0.180 e. The number of rotatable bonds is 2. The Morgan fingerprint density at radius 2 is 0.656 bits per heavy atom. The van der Waals surface area contributed by atoms with Gasteiger partial charge in [0.15, 0.2) is 0 Å². The standard InChI is InChI=1S/C30H22N2/c1-3-11-19(12-4-1)29-25-21-15-7-9-17-23(21)27(25)30(32-31-29,20-13-5-2-6-14-20)28-24-18-10-8-16-22(24)26(28)29/h1-18,25-28H/t25-,26-,27-,28+,29?,30?/m0/s1. The summed E-state index contributed by atoms with van der Waals surface area (Å²) in [5.74, 6) is 1.36.